The Bertz CT molecular complexity index is 711. The average Bonchev–Trinajstić information content (AvgIpc) is 2.55. The van der Waals surface area contributed by atoms with Gasteiger partial charge in [0.2, 0.25) is 0 Å². The Kier molecular flexibility index (Phi) is 5.77. The molecule has 23 heavy (non-hydrogen) atoms. The van der Waals surface area contributed by atoms with Crippen LogP contribution in [-0.4, -0.2) is 17.2 Å². The van der Waals surface area contributed by atoms with Gasteiger partial charge in [0.15, 0.2) is 0 Å². The lowest BCUT2D eigenvalue weighted by molar-refractivity contribution is -0.132. The Balaban J connectivity index is 2.00. The van der Waals surface area contributed by atoms with Gasteiger partial charge in [0.05, 0.1) is 0 Å². The second kappa shape index (κ2) is 8.00. The molecule has 2 aromatic carbocycles. The van der Waals surface area contributed by atoms with Crippen molar-refractivity contribution in [2.75, 3.05) is 0 Å². The van der Waals surface area contributed by atoms with Crippen molar-refractivity contribution in [1.82, 2.24) is 5.32 Å². The number of hydrogen-bond acceptors (Lipinski definition) is 3. The number of ether oxygens (including phenoxy) is 1. The first-order valence-corrected chi connectivity index (χ1v) is 7.10. The van der Waals surface area contributed by atoms with Gasteiger partial charge in [-0.1, -0.05) is 54.1 Å². The lowest BCUT2D eigenvalue weighted by atomic mass is 10.2. The highest BCUT2D eigenvalue weighted by Gasteiger charge is 2.12. The maximum Gasteiger partial charge on any atom is 0.412 e. The summed E-state index contributed by atoms with van der Waals surface area (Å²) in [7, 11) is 0. The third-order valence-electron chi connectivity index (χ3n) is 2.86. The van der Waals surface area contributed by atoms with Crippen molar-refractivity contribution >= 4 is 29.7 Å². The van der Waals surface area contributed by atoms with Gasteiger partial charge in [-0.05, 0) is 29.3 Å². The maximum absolute atomic E-state index is 11.7. The molecule has 0 heterocycles. The van der Waals surface area contributed by atoms with E-state index in [1.54, 1.807) is 36.4 Å². The van der Waals surface area contributed by atoms with Crippen LogP contribution in [0, 0.1) is 0 Å². The van der Waals surface area contributed by atoms with Gasteiger partial charge in [0, 0.05) is 5.02 Å². The molecule has 0 aromatic heterocycles. The van der Waals surface area contributed by atoms with Gasteiger partial charge in [-0.3, -0.25) is 5.32 Å². The lowest BCUT2D eigenvalue weighted by Crippen LogP contribution is -2.27. The molecule has 0 aliphatic heterocycles. The molecular formula is C17H14ClNO4. The molecule has 0 spiro atoms. The van der Waals surface area contributed by atoms with Crippen molar-refractivity contribution in [3.8, 4) is 0 Å². The van der Waals surface area contributed by atoms with E-state index in [0.29, 0.717) is 10.6 Å². The topological polar surface area (TPSA) is 75.6 Å². The lowest BCUT2D eigenvalue weighted by Gasteiger charge is -2.08. The number of amides is 1. The Hall–Kier alpha value is -2.79. The third kappa shape index (κ3) is 5.48. The second-order valence-corrected chi connectivity index (χ2v) is 5.04. The summed E-state index contributed by atoms with van der Waals surface area (Å²) in [6.45, 7) is 0.0561. The van der Waals surface area contributed by atoms with Crippen LogP contribution in [0.3, 0.4) is 0 Å². The molecule has 0 saturated heterocycles. The number of carboxylic acid groups (broad SMARTS) is 1. The molecule has 0 aliphatic rings. The van der Waals surface area contributed by atoms with Gasteiger partial charge in [-0.2, -0.15) is 0 Å². The monoisotopic (exact) mass is 331 g/mol. The number of rotatable bonds is 5. The zero-order valence-corrected chi connectivity index (χ0v) is 12.8. The van der Waals surface area contributed by atoms with E-state index in [0.717, 1.165) is 5.56 Å². The van der Waals surface area contributed by atoms with E-state index in [1.807, 2.05) is 18.2 Å². The number of carbonyl (C=O) groups is 2. The number of halogens is 1. The molecule has 2 rings (SSSR count). The van der Waals surface area contributed by atoms with Crippen LogP contribution in [0.1, 0.15) is 11.1 Å². The van der Waals surface area contributed by atoms with Crippen molar-refractivity contribution in [1.29, 1.82) is 0 Å². The minimum Gasteiger partial charge on any atom is -0.477 e. The molecule has 2 aromatic rings. The highest BCUT2D eigenvalue weighted by atomic mass is 35.5. The summed E-state index contributed by atoms with van der Waals surface area (Å²) in [6.07, 6.45) is 0.485. The zero-order chi connectivity index (χ0) is 16.7. The highest BCUT2D eigenvalue weighted by molar-refractivity contribution is 6.30. The number of benzene rings is 2. The second-order valence-electron chi connectivity index (χ2n) is 4.60. The summed E-state index contributed by atoms with van der Waals surface area (Å²) < 4.78 is 4.99. The van der Waals surface area contributed by atoms with Crippen LogP contribution >= 0.6 is 11.6 Å². The van der Waals surface area contributed by atoms with Crippen LogP contribution < -0.4 is 5.32 Å². The van der Waals surface area contributed by atoms with Gasteiger partial charge in [0.1, 0.15) is 12.3 Å². The summed E-state index contributed by atoms with van der Waals surface area (Å²) in [5.74, 6) is -1.27. The minimum absolute atomic E-state index is 0.0561. The van der Waals surface area contributed by atoms with Gasteiger partial charge in [-0.25, -0.2) is 9.59 Å². The number of carboxylic acids is 1. The molecular weight excluding hydrogens is 318 g/mol. The van der Waals surface area contributed by atoms with Crippen molar-refractivity contribution in [3.05, 3.63) is 76.4 Å². The summed E-state index contributed by atoms with van der Waals surface area (Å²) in [6, 6.07) is 15.6. The van der Waals surface area contributed by atoms with Gasteiger partial charge >= 0.3 is 12.1 Å². The van der Waals surface area contributed by atoms with E-state index in [2.05, 4.69) is 5.32 Å². The van der Waals surface area contributed by atoms with Crippen LogP contribution in [0.5, 0.6) is 0 Å². The standard InChI is InChI=1S/C17H14ClNO4/c18-14-8-6-12(7-9-14)10-15(16(20)21)19-17(22)23-11-13-4-2-1-3-5-13/h1-10H,11H2,(H,19,22)(H,20,21)/b15-10-. The number of nitrogens with one attached hydrogen (secondary N) is 1. The van der Waals surface area contributed by atoms with E-state index >= 15 is 0 Å². The Morgan fingerprint density at radius 2 is 1.74 bits per heavy atom. The molecule has 0 unspecified atom stereocenters. The minimum atomic E-state index is -1.27. The fourth-order valence-electron chi connectivity index (χ4n) is 1.75. The van der Waals surface area contributed by atoms with Gasteiger partial charge < -0.3 is 9.84 Å². The average molecular weight is 332 g/mol. The predicted octanol–water partition coefficient (Wildman–Crippen LogP) is 3.69. The normalized spacial score (nSPS) is 10.9. The SMILES string of the molecule is O=C(N/C(=C\c1ccc(Cl)cc1)C(=O)O)OCc1ccccc1. The maximum atomic E-state index is 11.7. The van der Waals surface area contributed by atoms with E-state index in [4.69, 9.17) is 21.4 Å². The third-order valence-corrected chi connectivity index (χ3v) is 3.11. The first-order chi connectivity index (χ1) is 11.0. The first-order valence-electron chi connectivity index (χ1n) is 6.73. The molecule has 0 fully saturated rings. The molecule has 0 aliphatic carbocycles. The van der Waals surface area contributed by atoms with Crippen molar-refractivity contribution in [2.45, 2.75) is 6.61 Å². The van der Waals surface area contributed by atoms with Crippen LogP contribution in [-0.2, 0) is 16.1 Å². The van der Waals surface area contributed by atoms with Crippen LogP contribution in [0.15, 0.2) is 60.3 Å². The largest absolute Gasteiger partial charge is 0.477 e. The fraction of sp³-hybridized carbons (Fsp3) is 0.0588. The zero-order valence-electron chi connectivity index (χ0n) is 12.0. The molecule has 0 radical (unpaired) electrons. The van der Waals surface area contributed by atoms with Crippen molar-refractivity contribution in [2.24, 2.45) is 0 Å². The molecule has 0 atom stereocenters. The Morgan fingerprint density at radius 1 is 1.09 bits per heavy atom. The predicted molar refractivity (Wildman–Crippen MR) is 86.8 cm³/mol. The van der Waals surface area contributed by atoms with Crippen molar-refractivity contribution < 1.29 is 19.4 Å². The summed E-state index contributed by atoms with van der Waals surface area (Å²) >= 11 is 5.77. The molecule has 1 amide bonds. The molecule has 2 N–H and O–H groups in total. The fourth-order valence-corrected chi connectivity index (χ4v) is 1.87. The summed E-state index contributed by atoms with van der Waals surface area (Å²) in [4.78, 5) is 22.9. The van der Waals surface area contributed by atoms with Gasteiger partial charge in [-0.15, -0.1) is 0 Å². The van der Waals surface area contributed by atoms with Crippen LogP contribution in [0.4, 0.5) is 4.79 Å². The smallest absolute Gasteiger partial charge is 0.412 e. The molecule has 0 bridgehead atoms. The summed E-state index contributed by atoms with van der Waals surface area (Å²) in [5.41, 5.74) is 1.11. The van der Waals surface area contributed by atoms with Gasteiger partial charge in [0.25, 0.3) is 0 Å². The molecule has 5 nitrogen and oxygen atoms in total. The number of aliphatic carboxylic acids is 1. The van der Waals surface area contributed by atoms with Crippen molar-refractivity contribution in [3.63, 3.8) is 0 Å². The van der Waals surface area contributed by atoms with E-state index in [-0.39, 0.29) is 12.3 Å². The van der Waals surface area contributed by atoms with E-state index in [1.165, 1.54) is 6.08 Å². The quantitative estimate of drug-likeness (QED) is 0.819. The summed E-state index contributed by atoms with van der Waals surface area (Å²) in [5, 5.41) is 11.9. The number of carbonyl (C=O) groups excluding carboxylic acids is 1. The van der Waals surface area contributed by atoms with E-state index in [9.17, 15) is 9.59 Å². The molecule has 118 valence electrons. The Morgan fingerprint density at radius 3 is 2.35 bits per heavy atom. The number of alkyl carbamates (subject to hydrolysis) is 1. The molecule has 6 heteroatoms. The van der Waals surface area contributed by atoms with E-state index < -0.39 is 12.1 Å². The van der Waals surface area contributed by atoms with Crippen LogP contribution in [0.2, 0.25) is 5.02 Å². The highest BCUT2D eigenvalue weighted by Crippen LogP contribution is 2.12. The Labute approximate surface area is 138 Å². The number of hydrogen-bond donors (Lipinski definition) is 2. The molecule has 0 saturated carbocycles. The first kappa shape index (κ1) is 16.6. The van der Waals surface area contributed by atoms with Crippen LogP contribution in [0.25, 0.3) is 6.08 Å².